The van der Waals surface area contributed by atoms with Crippen LogP contribution in [0.3, 0.4) is 0 Å². The third kappa shape index (κ3) is 2.78. The summed E-state index contributed by atoms with van der Waals surface area (Å²) >= 11 is 0. The molecule has 1 N–H and O–H groups in total. The number of nitrogens with one attached hydrogen (secondary N) is 1. The van der Waals surface area contributed by atoms with E-state index in [9.17, 15) is 0 Å². The van der Waals surface area contributed by atoms with Crippen LogP contribution in [0.25, 0.3) is 0 Å². The monoisotopic (exact) mass is 227 g/mol. The summed E-state index contributed by atoms with van der Waals surface area (Å²) in [7, 11) is 0. The fourth-order valence-corrected chi connectivity index (χ4v) is 2.49. The molecule has 0 aromatic carbocycles. The van der Waals surface area contributed by atoms with Gasteiger partial charge in [0.15, 0.2) is 0 Å². The van der Waals surface area contributed by atoms with Crippen molar-refractivity contribution in [3.63, 3.8) is 0 Å². The molecule has 16 heavy (non-hydrogen) atoms. The van der Waals surface area contributed by atoms with Crippen LogP contribution in [-0.2, 0) is 4.74 Å². The van der Waals surface area contributed by atoms with Gasteiger partial charge < -0.3 is 10.1 Å². The lowest BCUT2D eigenvalue weighted by Gasteiger charge is -2.53. The molecular formula is C14H29NO. The summed E-state index contributed by atoms with van der Waals surface area (Å²) in [5.41, 5.74) is 0.289. The minimum atomic E-state index is 0.289. The Labute approximate surface area is 101 Å². The van der Waals surface area contributed by atoms with Gasteiger partial charge in [-0.2, -0.15) is 0 Å². The first-order chi connectivity index (χ1) is 7.43. The maximum atomic E-state index is 5.75. The molecule has 1 rings (SSSR count). The Bertz CT molecular complexity index is 215. The van der Waals surface area contributed by atoms with Gasteiger partial charge >= 0.3 is 0 Å². The summed E-state index contributed by atoms with van der Waals surface area (Å²) in [5.74, 6) is 0.752. The van der Waals surface area contributed by atoms with Crippen molar-refractivity contribution >= 4 is 0 Å². The number of rotatable bonds is 6. The topological polar surface area (TPSA) is 21.3 Å². The molecule has 4 atom stereocenters. The second-order valence-electron chi connectivity index (χ2n) is 5.89. The van der Waals surface area contributed by atoms with E-state index in [2.05, 4.69) is 46.9 Å². The van der Waals surface area contributed by atoms with Crippen molar-refractivity contribution in [3.8, 4) is 0 Å². The van der Waals surface area contributed by atoms with E-state index in [-0.39, 0.29) is 5.41 Å². The van der Waals surface area contributed by atoms with Gasteiger partial charge in [0.2, 0.25) is 0 Å². The lowest BCUT2D eigenvalue weighted by Crippen LogP contribution is -2.63. The first kappa shape index (κ1) is 14.0. The molecule has 0 heterocycles. The molecule has 2 heteroatoms. The number of hydrogen-bond donors (Lipinski definition) is 1. The Morgan fingerprint density at radius 2 is 1.94 bits per heavy atom. The highest BCUT2D eigenvalue weighted by Crippen LogP contribution is 2.43. The first-order valence-electron chi connectivity index (χ1n) is 6.81. The number of ether oxygens (including phenoxy) is 1. The molecule has 0 aliphatic heterocycles. The summed E-state index contributed by atoms with van der Waals surface area (Å²) in [4.78, 5) is 0. The van der Waals surface area contributed by atoms with Gasteiger partial charge in [-0.25, -0.2) is 0 Å². The lowest BCUT2D eigenvalue weighted by atomic mass is 9.64. The van der Waals surface area contributed by atoms with Gasteiger partial charge in [-0.3, -0.25) is 0 Å². The third-order valence-electron chi connectivity index (χ3n) is 4.51. The maximum Gasteiger partial charge on any atom is 0.0655 e. The van der Waals surface area contributed by atoms with Crippen LogP contribution in [0.1, 0.15) is 54.4 Å². The summed E-state index contributed by atoms with van der Waals surface area (Å²) in [6.07, 6.45) is 2.86. The molecule has 1 fully saturated rings. The molecule has 96 valence electrons. The minimum absolute atomic E-state index is 0.289. The van der Waals surface area contributed by atoms with E-state index in [1.165, 1.54) is 12.8 Å². The van der Waals surface area contributed by atoms with Crippen LogP contribution in [0.2, 0.25) is 0 Å². The van der Waals surface area contributed by atoms with Crippen LogP contribution in [-0.4, -0.2) is 24.8 Å². The van der Waals surface area contributed by atoms with E-state index < -0.39 is 0 Å². The van der Waals surface area contributed by atoms with Crippen molar-refractivity contribution < 1.29 is 4.74 Å². The van der Waals surface area contributed by atoms with Crippen molar-refractivity contribution in [2.24, 2.45) is 11.3 Å². The van der Waals surface area contributed by atoms with E-state index in [1.807, 2.05) is 0 Å². The Morgan fingerprint density at radius 1 is 1.31 bits per heavy atom. The van der Waals surface area contributed by atoms with Crippen molar-refractivity contribution in [2.45, 2.75) is 72.6 Å². The quantitative estimate of drug-likeness (QED) is 0.752. The Kier molecular flexibility index (Phi) is 4.81. The van der Waals surface area contributed by atoms with Crippen LogP contribution in [0.15, 0.2) is 0 Å². The van der Waals surface area contributed by atoms with Crippen LogP contribution >= 0.6 is 0 Å². The van der Waals surface area contributed by atoms with Gasteiger partial charge in [0.25, 0.3) is 0 Å². The Morgan fingerprint density at radius 3 is 2.38 bits per heavy atom. The van der Waals surface area contributed by atoms with Gasteiger partial charge in [0.05, 0.1) is 6.10 Å². The molecule has 0 radical (unpaired) electrons. The molecule has 2 nitrogen and oxygen atoms in total. The zero-order valence-corrected chi connectivity index (χ0v) is 11.8. The second kappa shape index (κ2) is 5.50. The van der Waals surface area contributed by atoms with E-state index in [0.717, 1.165) is 12.5 Å². The van der Waals surface area contributed by atoms with Gasteiger partial charge in [0, 0.05) is 24.1 Å². The van der Waals surface area contributed by atoms with E-state index >= 15 is 0 Å². The van der Waals surface area contributed by atoms with Gasteiger partial charge in [-0.1, -0.05) is 34.1 Å². The number of hydrogen-bond acceptors (Lipinski definition) is 2. The van der Waals surface area contributed by atoms with E-state index in [0.29, 0.717) is 18.2 Å². The molecule has 0 saturated heterocycles. The highest BCUT2D eigenvalue weighted by atomic mass is 16.5. The third-order valence-corrected chi connectivity index (χ3v) is 4.51. The molecule has 1 aliphatic carbocycles. The Hall–Kier alpha value is -0.0800. The minimum Gasteiger partial charge on any atom is -0.378 e. The molecule has 1 saturated carbocycles. The van der Waals surface area contributed by atoms with Crippen LogP contribution in [0, 0.1) is 11.3 Å². The largest absolute Gasteiger partial charge is 0.378 e. The summed E-state index contributed by atoms with van der Waals surface area (Å²) in [6, 6.07) is 1.23. The van der Waals surface area contributed by atoms with Crippen molar-refractivity contribution in [3.05, 3.63) is 0 Å². The average Bonchev–Trinajstić information content (AvgIpc) is 2.26. The Balaban J connectivity index is 2.41. The van der Waals surface area contributed by atoms with Crippen molar-refractivity contribution in [2.75, 3.05) is 6.61 Å². The fourth-order valence-electron chi connectivity index (χ4n) is 2.49. The molecule has 4 unspecified atom stereocenters. The van der Waals surface area contributed by atoms with E-state index in [4.69, 9.17) is 4.74 Å². The van der Waals surface area contributed by atoms with Crippen LogP contribution in [0.5, 0.6) is 0 Å². The average molecular weight is 227 g/mol. The van der Waals surface area contributed by atoms with Gasteiger partial charge in [-0.05, 0) is 26.2 Å². The van der Waals surface area contributed by atoms with Gasteiger partial charge in [-0.15, -0.1) is 0 Å². The zero-order chi connectivity index (χ0) is 12.3. The van der Waals surface area contributed by atoms with E-state index in [1.54, 1.807) is 0 Å². The summed E-state index contributed by atoms with van der Waals surface area (Å²) < 4.78 is 5.75. The molecule has 1 aliphatic rings. The predicted octanol–water partition coefficient (Wildman–Crippen LogP) is 3.21. The summed E-state index contributed by atoms with van der Waals surface area (Å²) in [6.45, 7) is 14.4. The predicted molar refractivity (Wildman–Crippen MR) is 69.7 cm³/mol. The smallest absolute Gasteiger partial charge is 0.0655 e. The molecule has 0 bridgehead atoms. The summed E-state index contributed by atoms with van der Waals surface area (Å²) in [5, 5.41) is 3.77. The SMILES string of the molecule is CCOC1CC(NC(C)C(C)CC)C1(C)C. The molecule has 0 spiro atoms. The second-order valence-corrected chi connectivity index (χ2v) is 5.89. The molecular weight excluding hydrogens is 198 g/mol. The first-order valence-corrected chi connectivity index (χ1v) is 6.81. The van der Waals surface area contributed by atoms with Gasteiger partial charge in [0.1, 0.15) is 0 Å². The fraction of sp³-hybridized carbons (Fsp3) is 1.00. The zero-order valence-electron chi connectivity index (χ0n) is 11.8. The van der Waals surface area contributed by atoms with Crippen molar-refractivity contribution in [1.29, 1.82) is 0 Å². The van der Waals surface area contributed by atoms with Crippen molar-refractivity contribution in [1.82, 2.24) is 5.32 Å². The highest BCUT2D eigenvalue weighted by Gasteiger charge is 2.49. The lowest BCUT2D eigenvalue weighted by molar-refractivity contribution is -0.117. The molecule has 0 aromatic rings. The van der Waals surface area contributed by atoms with Crippen LogP contribution < -0.4 is 5.32 Å². The highest BCUT2D eigenvalue weighted by molar-refractivity contribution is 5.03. The molecule has 0 aromatic heterocycles. The standard InChI is InChI=1S/C14H29NO/c1-7-10(3)11(4)15-12-9-13(16-8-2)14(12,5)6/h10-13,15H,7-9H2,1-6H3. The van der Waals surface area contributed by atoms with Crippen LogP contribution in [0.4, 0.5) is 0 Å². The maximum absolute atomic E-state index is 5.75. The molecule has 0 amide bonds. The normalized spacial score (nSPS) is 31.9.